The van der Waals surface area contributed by atoms with Crippen LogP contribution in [0.2, 0.25) is 0 Å². The van der Waals surface area contributed by atoms with Gasteiger partial charge in [-0.15, -0.1) is 0 Å². The van der Waals surface area contributed by atoms with E-state index in [1.54, 1.807) is 31.2 Å². The molecule has 0 bridgehead atoms. The molecule has 3 aromatic rings. The Morgan fingerprint density at radius 3 is 2.45 bits per heavy atom. The van der Waals surface area contributed by atoms with Gasteiger partial charge in [-0.05, 0) is 42.3 Å². The molecule has 0 radical (unpaired) electrons. The summed E-state index contributed by atoms with van der Waals surface area (Å²) in [7, 11) is 3.30. The lowest BCUT2D eigenvalue weighted by molar-refractivity contribution is 0.0782. The lowest BCUT2D eigenvalue weighted by atomic mass is 10.1. The van der Waals surface area contributed by atoms with E-state index in [4.69, 9.17) is 9.47 Å². The minimum atomic E-state index is -0.241. The zero-order chi connectivity index (χ0) is 20.8. The Morgan fingerprint density at radius 1 is 0.966 bits per heavy atom. The van der Waals surface area contributed by atoms with E-state index >= 15 is 0 Å². The Kier molecular flexibility index (Phi) is 6.39. The summed E-state index contributed by atoms with van der Waals surface area (Å²) in [6, 6.07) is 20.5. The number of benzene rings is 3. The van der Waals surface area contributed by atoms with E-state index in [0.29, 0.717) is 30.2 Å². The molecule has 0 heterocycles. The number of ether oxygens (including phenoxy) is 2. The topological polar surface area (TPSA) is 59.0 Å². The Hall–Kier alpha value is -3.47. The molecule has 0 aliphatic carbocycles. The van der Waals surface area contributed by atoms with Crippen molar-refractivity contribution in [3.63, 3.8) is 0 Å². The molecular weight excluding hydrogens is 366 g/mol. The monoisotopic (exact) mass is 391 g/mol. The van der Waals surface area contributed by atoms with Crippen LogP contribution in [0.5, 0.6) is 17.2 Å². The quantitative estimate of drug-likeness (QED) is 0.641. The van der Waals surface area contributed by atoms with Gasteiger partial charge >= 0.3 is 0 Å². The molecule has 29 heavy (non-hydrogen) atoms. The first kappa shape index (κ1) is 20.3. The third kappa shape index (κ3) is 5.08. The lowest BCUT2D eigenvalue weighted by Crippen LogP contribution is -2.26. The molecule has 1 N–H and O–H groups in total. The van der Waals surface area contributed by atoms with E-state index in [0.717, 1.165) is 16.7 Å². The number of methoxy groups -OCH3 is 1. The highest BCUT2D eigenvalue weighted by Gasteiger charge is 2.17. The highest BCUT2D eigenvalue weighted by Crippen LogP contribution is 2.29. The molecule has 0 aliphatic rings. The Labute approximate surface area is 171 Å². The zero-order valence-electron chi connectivity index (χ0n) is 16.9. The Morgan fingerprint density at radius 2 is 1.72 bits per heavy atom. The number of rotatable bonds is 7. The fraction of sp³-hybridized carbons (Fsp3) is 0.208. The van der Waals surface area contributed by atoms with Crippen molar-refractivity contribution in [3.05, 3.63) is 89.0 Å². The van der Waals surface area contributed by atoms with Crippen molar-refractivity contribution in [1.82, 2.24) is 4.90 Å². The van der Waals surface area contributed by atoms with Gasteiger partial charge in [0.1, 0.15) is 12.4 Å². The van der Waals surface area contributed by atoms with E-state index in [-0.39, 0.29) is 11.7 Å². The van der Waals surface area contributed by atoms with Gasteiger partial charge < -0.3 is 19.5 Å². The number of carbonyl (C=O) groups excluding carboxylic acids is 1. The molecule has 0 aromatic heterocycles. The fourth-order valence-electron chi connectivity index (χ4n) is 3.04. The van der Waals surface area contributed by atoms with Crippen LogP contribution in [0.3, 0.4) is 0 Å². The highest BCUT2D eigenvalue weighted by molar-refractivity contribution is 5.96. The third-order valence-corrected chi connectivity index (χ3v) is 4.61. The number of phenolic OH excluding ortho intramolecular Hbond substituents is 1. The van der Waals surface area contributed by atoms with Gasteiger partial charge in [0, 0.05) is 13.6 Å². The maximum atomic E-state index is 12.7. The van der Waals surface area contributed by atoms with Crippen LogP contribution in [0.1, 0.15) is 27.0 Å². The molecule has 0 aliphatic heterocycles. The number of carbonyl (C=O) groups is 1. The first-order valence-corrected chi connectivity index (χ1v) is 9.36. The number of hydrogen-bond acceptors (Lipinski definition) is 4. The van der Waals surface area contributed by atoms with Crippen molar-refractivity contribution in [2.45, 2.75) is 20.1 Å². The van der Waals surface area contributed by atoms with Crippen LogP contribution in [-0.2, 0) is 13.2 Å². The molecule has 3 aromatic carbocycles. The number of aromatic hydroxyl groups is 1. The van der Waals surface area contributed by atoms with Crippen LogP contribution in [0.4, 0.5) is 0 Å². The normalized spacial score (nSPS) is 10.4. The zero-order valence-corrected chi connectivity index (χ0v) is 16.9. The summed E-state index contributed by atoms with van der Waals surface area (Å²) in [6.45, 7) is 2.71. The number of aryl methyl sites for hydroxylation is 1. The van der Waals surface area contributed by atoms with Crippen LogP contribution < -0.4 is 9.47 Å². The molecule has 0 fully saturated rings. The summed E-state index contributed by atoms with van der Waals surface area (Å²) in [5.74, 6) is 0.993. The molecule has 0 spiro atoms. The van der Waals surface area contributed by atoms with Gasteiger partial charge in [-0.2, -0.15) is 0 Å². The molecular formula is C24H25NO4. The van der Waals surface area contributed by atoms with Crippen LogP contribution in [-0.4, -0.2) is 30.1 Å². The predicted octanol–water partition coefficient (Wildman–Crippen LogP) is 4.56. The molecule has 150 valence electrons. The van der Waals surface area contributed by atoms with Gasteiger partial charge in [0.2, 0.25) is 0 Å². The summed E-state index contributed by atoms with van der Waals surface area (Å²) in [6.07, 6.45) is 0. The summed E-state index contributed by atoms with van der Waals surface area (Å²) in [5, 5.41) is 10.0. The van der Waals surface area contributed by atoms with Crippen molar-refractivity contribution in [1.29, 1.82) is 0 Å². The van der Waals surface area contributed by atoms with E-state index in [9.17, 15) is 9.90 Å². The minimum absolute atomic E-state index is 0.0188. The molecule has 0 saturated heterocycles. The molecule has 0 saturated carbocycles. The smallest absolute Gasteiger partial charge is 0.257 e. The number of amides is 1. The van der Waals surface area contributed by atoms with E-state index in [2.05, 4.69) is 0 Å². The van der Waals surface area contributed by atoms with E-state index in [1.165, 1.54) is 6.07 Å². The van der Waals surface area contributed by atoms with Crippen LogP contribution >= 0.6 is 0 Å². The van der Waals surface area contributed by atoms with E-state index < -0.39 is 0 Å². The second-order valence-corrected chi connectivity index (χ2v) is 6.94. The maximum Gasteiger partial charge on any atom is 0.257 e. The van der Waals surface area contributed by atoms with Crippen molar-refractivity contribution in [3.8, 4) is 17.2 Å². The number of nitrogens with zero attached hydrogens (tertiary/aromatic N) is 1. The van der Waals surface area contributed by atoms with E-state index in [1.807, 2.05) is 55.5 Å². The first-order valence-electron chi connectivity index (χ1n) is 9.36. The molecule has 5 heteroatoms. The van der Waals surface area contributed by atoms with Crippen molar-refractivity contribution in [2.24, 2.45) is 0 Å². The van der Waals surface area contributed by atoms with Crippen LogP contribution in [0, 0.1) is 6.92 Å². The number of phenols is 1. The summed E-state index contributed by atoms with van der Waals surface area (Å²) in [5.41, 5.74) is 3.18. The van der Waals surface area contributed by atoms with Crippen LogP contribution in [0.25, 0.3) is 0 Å². The Bertz CT molecular complexity index is 985. The molecule has 5 nitrogen and oxygen atoms in total. The van der Waals surface area contributed by atoms with Gasteiger partial charge in [-0.1, -0.05) is 48.0 Å². The molecule has 1 amide bonds. The summed E-state index contributed by atoms with van der Waals surface area (Å²) < 4.78 is 11.3. The van der Waals surface area contributed by atoms with Gasteiger partial charge in [-0.3, -0.25) is 4.79 Å². The van der Waals surface area contributed by atoms with Gasteiger partial charge in [0.15, 0.2) is 11.5 Å². The molecule has 3 rings (SSSR count). The SMILES string of the molecule is COc1cc(CN(C)C(=O)c2cc(C)ccc2O)ccc1OCc1ccccc1. The second kappa shape index (κ2) is 9.15. The molecule has 0 atom stereocenters. The fourth-order valence-corrected chi connectivity index (χ4v) is 3.04. The average Bonchev–Trinajstić information content (AvgIpc) is 2.74. The van der Waals surface area contributed by atoms with Crippen molar-refractivity contribution < 1.29 is 19.4 Å². The highest BCUT2D eigenvalue weighted by atomic mass is 16.5. The molecule has 0 unspecified atom stereocenters. The number of hydrogen-bond donors (Lipinski definition) is 1. The van der Waals surface area contributed by atoms with Gasteiger partial charge in [0.05, 0.1) is 12.7 Å². The Balaban J connectivity index is 1.70. The average molecular weight is 391 g/mol. The third-order valence-electron chi connectivity index (χ3n) is 4.61. The predicted molar refractivity (Wildman–Crippen MR) is 112 cm³/mol. The largest absolute Gasteiger partial charge is 0.507 e. The minimum Gasteiger partial charge on any atom is -0.507 e. The maximum absolute atomic E-state index is 12.7. The van der Waals surface area contributed by atoms with Gasteiger partial charge in [-0.25, -0.2) is 0 Å². The van der Waals surface area contributed by atoms with Crippen molar-refractivity contribution >= 4 is 5.91 Å². The van der Waals surface area contributed by atoms with Crippen LogP contribution in [0.15, 0.2) is 66.7 Å². The van der Waals surface area contributed by atoms with Crippen molar-refractivity contribution in [2.75, 3.05) is 14.2 Å². The lowest BCUT2D eigenvalue weighted by Gasteiger charge is -2.19. The summed E-state index contributed by atoms with van der Waals surface area (Å²) >= 11 is 0. The summed E-state index contributed by atoms with van der Waals surface area (Å²) in [4.78, 5) is 14.3. The second-order valence-electron chi connectivity index (χ2n) is 6.94. The standard InChI is InChI=1S/C24H25NO4/c1-17-9-11-21(26)20(13-17)24(27)25(2)15-19-10-12-22(23(14-19)28-3)29-16-18-7-5-4-6-8-18/h4-14,26H,15-16H2,1-3H3. The first-order chi connectivity index (χ1) is 14.0. The van der Waals surface area contributed by atoms with Gasteiger partial charge in [0.25, 0.3) is 5.91 Å².